The van der Waals surface area contributed by atoms with Gasteiger partial charge in [-0.2, -0.15) is 0 Å². The first-order valence-corrected chi connectivity index (χ1v) is 6.40. The third-order valence-corrected chi connectivity index (χ3v) is 3.31. The smallest absolute Gasteiger partial charge is 0.200 e. The monoisotopic (exact) mass is 294 g/mol. The summed E-state index contributed by atoms with van der Waals surface area (Å²) in [6.07, 6.45) is 0.562. The summed E-state index contributed by atoms with van der Waals surface area (Å²) in [5, 5.41) is 3.15. The van der Waals surface area contributed by atoms with Crippen molar-refractivity contribution in [3.8, 4) is 0 Å². The number of nitrogens with zero attached hydrogens (tertiary/aromatic N) is 1. The third-order valence-electron chi connectivity index (χ3n) is 3.31. The first-order chi connectivity index (χ1) is 9.43. The summed E-state index contributed by atoms with van der Waals surface area (Å²) in [6.45, 7) is 3.57. The van der Waals surface area contributed by atoms with Crippen LogP contribution in [0.5, 0.6) is 0 Å². The molecular formula is C13H15F5N2. The van der Waals surface area contributed by atoms with E-state index < -0.39 is 34.8 Å². The lowest BCUT2D eigenvalue weighted by molar-refractivity contribution is 0.374. The summed E-state index contributed by atoms with van der Waals surface area (Å²) in [5.41, 5.74) is -0.824. The first kappa shape index (κ1) is 15.0. The molecule has 0 aliphatic carbocycles. The van der Waals surface area contributed by atoms with Crippen molar-refractivity contribution < 1.29 is 22.0 Å². The SMILES string of the molecule is CC1CNCCCN(c2c(F)c(F)c(F)c(F)c2F)C1. The third kappa shape index (κ3) is 2.72. The van der Waals surface area contributed by atoms with Gasteiger partial charge < -0.3 is 10.2 Å². The van der Waals surface area contributed by atoms with Gasteiger partial charge >= 0.3 is 0 Å². The molecule has 20 heavy (non-hydrogen) atoms. The van der Waals surface area contributed by atoms with Gasteiger partial charge in [-0.15, -0.1) is 0 Å². The molecule has 1 heterocycles. The molecule has 7 heteroatoms. The van der Waals surface area contributed by atoms with Crippen LogP contribution in [-0.2, 0) is 0 Å². The molecular weight excluding hydrogens is 279 g/mol. The van der Waals surface area contributed by atoms with Gasteiger partial charge in [0.15, 0.2) is 23.3 Å². The molecule has 1 N–H and O–H groups in total. The molecule has 1 aliphatic rings. The van der Waals surface area contributed by atoms with Crippen molar-refractivity contribution >= 4 is 5.69 Å². The molecule has 0 amide bonds. The van der Waals surface area contributed by atoms with E-state index in [1.165, 1.54) is 4.90 Å². The normalized spacial score (nSPS) is 20.7. The van der Waals surface area contributed by atoms with Crippen molar-refractivity contribution in [2.24, 2.45) is 5.92 Å². The molecule has 0 radical (unpaired) electrons. The van der Waals surface area contributed by atoms with Crippen LogP contribution in [0.3, 0.4) is 0 Å². The number of halogens is 5. The molecule has 112 valence electrons. The van der Waals surface area contributed by atoms with E-state index in [1.807, 2.05) is 6.92 Å². The van der Waals surface area contributed by atoms with Gasteiger partial charge in [0.1, 0.15) is 5.69 Å². The van der Waals surface area contributed by atoms with Crippen LogP contribution in [0.15, 0.2) is 0 Å². The summed E-state index contributed by atoms with van der Waals surface area (Å²) in [4.78, 5) is 1.24. The Kier molecular flexibility index (Phi) is 4.47. The Balaban J connectivity index is 2.44. The molecule has 1 aliphatic heterocycles. The number of rotatable bonds is 1. The van der Waals surface area contributed by atoms with Crippen molar-refractivity contribution in [1.82, 2.24) is 5.32 Å². The number of nitrogens with one attached hydrogen (secondary N) is 1. The topological polar surface area (TPSA) is 15.3 Å². The summed E-state index contributed by atoms with van der Waals surface area (Å²) < 4.78 is 67.0. The van der Waals surface area contributed by atoms with Crippen LogP contribution in [0, 0.1) is 35.0 Å². The van der Waals surface area contributed by atoms with Crippen molar-refractivity contribution in [3.05, 3.63) is 29.1 Å². The lowest BCUT2D eigenvalue weighted by Crippen LogP contribution is -2.40. The molecule has 0 spiro atoms. The van der Waals surface area contributed by atoms with Gasteiger partial charge in [0, 0.05) is 13.1 Å². The fourth-order valence-corrected chi connectivity index (χ4v) is 2.35. The Morgan fingerprint density at radius 2 is 1.50 bits per heavy atom. The summed E-state index contributed by atoms with van der Waals surface area (Å²) in [7, 11) is 0. The Bertz CT molecular complexity index is 477. The highest BCUT2D eigenvalue weighted by Gasteiger charge is 2.29. The van der Waals surface area contributed by atoms with Gasteiger partial charge in [0.25, 0.3) is 0 Å². The van der Waals surface area contributed by atoms with Crippen LogP contribution >= 0.6 is 0 Å². The average Bonchev–Trinajstić information content (AvgIpc) is 2.39. The van der Waals surface area contributed by atoms with E-state index in [2.05, 4.69) is 5.32 Å². The van der Waals surface area contributed by atoms with E-state index in [4.69, 9.17) is 0 Å². The van der Waals surface area contributed by atoms with Crippen molar-refractivity contribution in [2.45, 2.75) is 13.3 Å². The summed E-state index contributed by atoms with van der Waals surface area (Å²) >= 11 is 0. The second-order valence-corrected chi connectivity index (χ2v) is 5.03. The highest BCUT2D eigenvalue weighted by Crippen LogP contribution is 2.31. The van der Waals surface area contributed by atoms with Crippen LogP contribution in [0.4, 0.5) is 27.6 Å². The standard InChI is InChI=1S/C13H15F5N2/c1-7-5-19-3-2-4-20(6-7)13-11(17)9(15)8(14)10(16)12(13)18/h7,19H,2-6H2,1H3. The zero-order valence-electron chi connectivity index (χ0n) is 10.9. The van der Waals surface area contributed by atoms with Gasteiger partial charge in [-0.05, 0) is 25.4 Å². The highest BCUT2D eigenvalue weighted by molar-refractivity contribution is 5.50. The molecule has 0 aromatic heterocycles. The minimum Gasteiger partial charge on any atom is -0.366 e. The van der Waals surface area contributed by atoms with Crippen molar-refractivity contribution in [3.63, 3.8) is 0 Å². The predicted molar refractivity (Wildman–Crippen MR) is 65.1 cm³/mol. The minimum absolute atomic E-state index is 0.0327. The molecule has 2 rings (SSSR count). The fraction of sp³-hybridized carbons (Fsp3) is 0.538. The van der Waals surface area contributed by atoms with Crippen LogP contribution in [0.1, 0.15) is 13.3 Å². The van der Waals surface area contributed by atoms with Crippen LogP contribution in [-0.4, -0.2) is 26.2 Å². The number of hydrogen-bond acceptors (Lipinski definition) is 2. The van der Waals surface area contributed by atoms with Crippen LogP contribution in [0.2, 0.25) is 0 Å². The Morgan fingerprint density at radius 3 is 2.10 bits per heavy atom. The average molecular weight is 294 g/mol. The van der Waals surface area contributed by atoms with Gasteiger partial charge in [0.2, 0.25) is 5.82 Å². The van der Waals surface area contributed by atoms with E-state index in [-0.39, 0.29) is 19.0 Å². The molecule has 1 atom stereocenters. The highest BCUT2D eigenvalue weighted by atomic mass is 19.2. The van der Waals surface area contributed by atoms with E-state index in [0.717, 1.165) is 0 Å². The van der Waals surface area contributed by atoms with Gasteiger partial charge in [-0.3, -0.25) is 0 Å². The Labute approximate surface area is 113 Å². The molecule has 1 aromatic rings. The second kappa shape index (κ2) is 5.95. The first-order valence-electron chi connectivity index (χ1n) is 6.40. The van der Waals surface area contributed by atoms with Crippen molar-refractivity contribution in [1.29, 1.82) is 0 Å². The van der Waals surface area contributed by atoms with E-state index in [9.17, 15) is 22.0 Å². The number of anilines is 1. The largest absolute Gasteiger partial charge is 0.366 e. The van der Waals surface area contributed by atoms with Gasteiger partial charge in [0.05, 0.1) is 0 Å². The maximum Gasteiger partial charge on any atom is 0.200 e. The number of benzene rings is 1. The lowest BCUT2D eigenvalue weighted by atomic mass is 10.1. The zero-order valence-corrected chi connectivity index (χ0v) is 10.9. The molecule has 0 saturated carbocycles. The molecule has 0 bridgehead atoms. The van der Waals surface area contributed by atoms with Crippen molar-refractivity contribution in [2.75, 3.05) is 31.1 Å². The molecule has 1 saturated heterocycles. The van der Waals surface area contributed by atoms with E-state index >= 15 is 0 Å². The molecule has 1 aromatic carbocycles. The lowest BCUT2D eigenvalue weighted by Gasteiger charge is -2.31. The van der Waals surface area contributed by atoms with Gasteiger partial charge in [-0.25, -0.2) is 22.0 Å². The quantitative estimate of drug-likeness (QED) is 0.487. The molecule has 2 nitrogen and oxygen atoms in total. The van der Waals surface area contributed by atoms with E-state index in [1.54, 1.807) is 0 Å². The minimum atomic E-state index is -2.12. The van der Waals surface area contributed by atoms with Gasteiger partial charge in [-0.1, -0.05) is 6.92 Å². The summed E-state index contributed by atoms with van der Waals surface area (Å²) in [5.74, 6) is -9.40. The summed E-state index contributed by atoms with van der Waals surface area (Å²) in [6, 6.07) is 0. The molecule has 1 unspecified atom stereocenters. The Morgan fingerprint density at radius 1 is 0.950 bits per heavy atom. The predicted octanol–water partition coefficient (Wildman–Crippen LogP) is 2.82. The fourth-order valence-electron chi connectivity index (χ4n) is 2.35. The zero-order chi connectivity index (χ0) is 14.9. The van der Waals surface area contributed by atoms with E-state index in [0.29, 0.717) is 19.5 Å². The maximum absolute atomic E-state index is 13.8. The maximum atomic E-state index is 13.8. The van der Waals surface area contributed by atoms with Crippen LogP contribution < -0.4 is 10.2 Å². The second-order valence-electron chi connectivity index (χ2n) is 5.03. The van der Waals surface area contributed by atoms with Crippen LogP contribution in [0.25, 0.3) is 0 Å². The Hall–Kier alpha value is -1.37. The number of hydrogen-bond donors (Lipinski definition) is 1. The molecule has 1 fully saturated rings.